The second-order valence-corrected chi connectivity index (χ2v) is 6.35. The molecule has 72 valence electrons. The van der Waals surface area contributed by atoms with E-state index in [2.05, 4.69) is 0 Å². The average molecular weight is 259 g/mol. The summed E-state index contributed by atoms with van der Waals surface area (Å²) in [5.41, 5.74) is 0. The van der Waals surface area contributed by atoms with E-state index in [1.54, 1.807) is 0 Å². The van der Waals surface area contributed by atoms with E-state index < -0.39 is 70.2 Å². The van der Waals surface area contributed by atoms with Gasteiger partial charge in [0, 0.05) is 171 Å². The fraction of sp³-hybridized carbons (Fsp3) is 0. The van der Waals surface area contributed by atoms with E-state index in [4.69, 9.17) is 101 Å². The maximum Gasteiger partial charge on any atom is 0 e. The van der Waals surface area contributed by atoms with Crippen molar-refractivity contribution in [2.24, 2.45) is 0 Å². The van der Waals surface area contributed by atoms with Gasteiger partial charge in [0.2, 0.25) is 0 Å². The summed E-state index contributed by atoms with van der Waals surface area (Å²) >= 11 is 0. The van der Waals surface area contributed by atoms with Gasteiger partial charge in [-0.15, -0.1) is 0 Å². The predicted molar refractivity (Wildman–Crippen MR) is 138 cm³/mol. The van der Waals surface area contributed by atoms with Crippen molar-refractivity contribution in [3.63, 3.8) is 0 Å². The highest BCUT2D eigenvalue weighted by Crippen LogP contribution is 2.09. The highest BCUT2D eigenvalue weighted by atomic mass is 13.3. The molecule has 0 aromatic heterocycles. The van der Waals surface area contributed by atoms with Gasteiger partial charge in [-0.1, -0.05) is 0 Å². The summed E-state index contributed by atoms with van der Waals surface area (Å²) < 4.78 is 0. The molecule has 26 radical (unpaired) electrons. The minimum atomic E-state index is -0.973. The van der Waals surface area contributed by atoms with Gasteiger partial charge in [0.05, 0.1) is 0 Å². The first kappa shape index (κ1) is 25.6. The summed E-state index contributed by atoms with van der Waals surface area (Å²) in [5, 5.41) is 0. The maximum absolute atomic E-state index is 6.10. The molecule has 0 amide bonds. The Hall–Kier alpha value is 1.56. The molecule has 0 atom stereocenters. The third-order valence-electron chi connectivity index (χ3n) is 4.44. The lowest BCUT2D eigenvalue weighted by atomic mass is 8.35. The smallest absolute Gasteiger partial charge is 0 e. The average Bonchev–Trinajstić information content (AvgIpc) is 2.35. The number of hydrogen-bond donors (Lipinski definition) is 0. The SMILES string of the molecule is [B]B([B])B([B])B(B([B])[B])B(B(B([B])[B])B([B])[B])B(B([B])[B])B([B])[B]. The zero-order valence-electron chi connectivity index (χ0n) is 13.9. The molecule has 0 heterocycles. The van der Waals surface area contributed by atoms with Crippen LogP contribution in [0.15, 0.2) is 0 Å². The highest BCUT2D eigenvalue weighted by molar-refractivity contribution is 8.23. The van der Waals surface area contributed by atoms with Crippen LogP contribution in [0.4, 0.5) is 0 Å². The summed E-state index contributed by atoms with van der Waals surface area (Å²) in [5.74, 6) is 0. The van der Waals surface area contributed by atoms with E-state index in [1.807, 2.05) is 0 Å². The summed E-state index contributed by atoms with van der Waals surface area (Å²) in [4.78, 5) is 0. The second kappa shape index (κ2) is 11.4. The normalized spacial score (nSPS) is 9.33. The van der Waals surface area contributed by atoms with Crippen molar-refractivity contribution in [2.75, 3.05) is 0 Å². The van der Waals surface area contributed by atoms with E-state index in [1.165, 1.54) is 0 Å². The molecular weight excluding hydrogens is 259 g/mol. The predicted octanol–water partition coefficient (Wildman–Crippen LogP) is -9.14. The quantitative estimate of drug-likeness (QED) is 0.342. The number of hydrogen-bond acceptors (Lipinski definition) is 0. The van der Waals surface area contributed by atoms with Crippen LogP contribution in [0.2, 0.25) is 0 Å². The van der Waals surface area contributed by atoms with Gasteiger partial charge in [0.1, 0.15) is 0 Å². The molecular formula is B24. The molecule has 0 N–H and O–H groups in total. The van der Waals surface area contributed by atoms with E-state index in [0.29, 0.717) is 0 Å². The van der Waals surface area contributed by atoms with Gasteiger partial charge in [-0.3, -0.25) is 0 Å². The molecule has 0 aliphatic rings. The fourth-order valence-electron chi connectivity index (χ4n) is 3.34. The Labute approximate surface area is 170 Å². The van der Waals surface area contributed by atoms with E-state index in [9.17, 15) is 0 Å². The molecule has 0 aromatic carbocycles. The molecule has 0 rings (SSSR count). The summed E-state index contributed by atoms with van der Waals surface area (Å²) in [7, 11) is 76.2. The Bertz CT molecular complexity index is 285. The third-order valence-corrected chi connectivity index (χ3v) is 4.44. The first-order valence-corrected chi connectivity index (χ1v) is 7.67. The Morgan fingerprint density at radius 3 is 0.667 bits per heavy atom. The van der Waals surface area contributed by atoms with E-state index in [-0.39, 0.29) is 0 Å². The van der Waals surface area contributed by atoms with Gasteiger partial charge in [-0.25, -0.2) is 0 Å². The first-order chi connectivity index (χ1) is 10.8. The second-order valence-electron chi connectivity index (χ2n) is 6.35. The van der Waals surface area contributed by atoms with Crippen molar-refractivity contribution < 1.29 is 0 Å². The lowest BCUT2D eigenvalue weighted by molar-refractivity contribution is 3.29. The van der Waals surface area contributed by atoms with Crippen molar-refractivity contribution in [3.8, 4) is 0 Å². The molecule has 0 nitrogen and oxygen atoms in total. The topological polar surface area (TPSA) is 0 Å². The number of rotatable bonds is 10. The van der Waals surface area contributed by atoms with Gasteiger partial charge >= 0.3 is 0 Å². The van der Waals surface area contributed by atoms with Crippen molar-refractivity contribution in [1.29, 1.82) is 0 Å². The minimum Gasteiger partial charge on any atom is 0 e. The van der Waals surface area contributed by atoms with Crippen LogP contribution in [0.3, 0.4) is 0 Å². The molecule has 0 fully saturated rings. The molecule has 0 aromatic rings. The van der Waals surface area contributed by atoms with E-state index >= 15 is 0 Å². The van der Waals surface area contributed by atoms with Crippen LogP contribution < -0.4 is 0 Å². The monoisotopic (exact) mass is 264 g/mol. The first-order valence-electron chi connectivity index (χ1n) is 7.67. The van der Waals surface area contributed by atoms with Gasteiger partial charge in [0.25, 0.3) is 0 Å². The van der Waals surface area contributed by atoms with Crippen LogP contribution in [0.1, 0.15) is 0 Å². The fourth-order valence-corrected chi connectivity index (χ4v) is 3.34. The van der Waals surface area contributed by atoms with Gasteiger partial charge in [-0.2, -0.15) is 0 Å². The van der Waals surface area contributed by atoms with Crippen molar-refractivity contribution in [3.05, 3.63) is 0 Å². The molecule has 0 saturated carbocycles. The Morgan fingerprint density at radius 2 is 0.500 bits per heavy atom. The highest BCUT2D eigenvalue weighted by Gasteiger charge is 2.47. The Kier molecular flexibility index (Phi) is 12.2. The molecule has 0 unspecified atom stereocenters. The summed E-state index contributed by atoms with van der Waals surface area (Å²) in [6, 6.07) is 0. The van der Waals surface area contributed by atoms with Crippen LogP contribution in [0, 0.1) is 0 Å². The Morgan fingerprint density at radius 1 is 0.250 bits per heavy atom. The molecule has 0 aliphatic carbocycles. The molecule has 24 heteroatoms. The largest absolute Gasteiger partial charge is 0 e. The van der Waals surface area contributed by atoms with Crippen molar-refractivity contribution >= 4 is 171 Å². The molecule has 0 saturated heterocycles. The minimum absolute atomic E-state index is 0.713. The zero-order chi connectivity index (χ0) is 19.4. The van der Waals surface area contributed by atoms with Crippen LogP contribution in [-0.2, 0) is 0 Å². The standard InChI is InChI=1S/B24/c1-14(2)20(13)23(19(11)12)24(21(15(3)4)16(5)6)22(17(7)8)18(9)10. The van der Waals surface area contributed by atoms with Gasteiger partial charge in [-0.05, 0) is 0 Å². The molecule has 0 spiro atoms. The summed E-state index contributed by atoms with van der Waals surface area (Å²) in [6.07, 6.45) is -9.56. The van der Waals surface area contributed by atoms with Gasteiger partial charge in [0.15, 0.2) is 0 Å². The third kappa shape index (κ3) is 6.94. The van der Waals surface area contributed by atoms with Crippen molar-refractivity contribution in [1.82, 2.24) is 0 Å². The molecule has 0 bridgehead atoms. The Balaban J connectivity index is 6.24. The van der Waals surface area contributed by atoms with Crippen LogP contribution in [0.25, 0.3) is 0 Å². The van der Waals surface area contributed by atoms with Crippen LogP contribution in [0.5, 0.6) is 0 Å². The van der Waals surface area contributed by atoms with Crippen molar-refractivity contribution in [2.45, 2.75) is 0 Å². The van der Waals surface area contributed by atoms with E-state index in [0.717, 1.165) is 0 Å². The van der Waals surface area contributed by atoms with Gasteiger partial charge < -0.3 is 0 Å². The maximum atomic E-state index is 6.10. The lowest BCUT2D eigenvalue weighted by Gasteiger charge is -2.46. The molecule has 0 aliphatic heterocycles. The summed E-state index contributed by atoms with van der Waals surface area (Å²) in [6.45, 7) is 0. The molecule has 24 heavy (non-hydrogen) atoms. The lowest BCUT2D eigenvalue weighted by Crippen LogP contribution is -2.84. The van der Waals surface area contributed by atoms with Crippen LogP contribution in [-0.4, -0.2) is 171 Å². The zero-order valence-corrected chi connectivity index (χ0v) is 13.9. The van der Waals surface area contributed by atoms with Crippen LogP contribution >= 0.6 is 0 Å².